The van der Waals surface area contributed by atoms with Crippen LogP contribution in [0.4, 0.5) is 5.69 Å². The quantitative estimate of drug-likeness (QED) is 0.495. The van der Waals surface area contributed by atoms with Crippen LogP contribution in [0.25, 0.3) is 0 Å². The second-order valence-electron chi connectivity index (χ2n) is 7.82. The number of hydrogen-bond acceptors (Lipinski definition) is 5. The molecule has 0 spiro atoms. The fourth-order valence-electron chi connectivity index (χ4n) is 3.43. The number of anilines is 1. The van der Waals surface area contributed by atoms with Gasteiger partial charge in [-0.2, -0.15) is 0 Å². The second kappa shape index (κ2) is 11.1. The fourth-order valence-corrected chi connectivity index (χ4v) is 3.61. The third-order valence-corrected chi connectivity index (χ3v) is 5.59. The van der Waals surface area contributed by atoms with Crippen molar-refractivity contribution >= 4 is 29.0 Å². The molecule has 31 heavy (non-hydrogen) atoms. The Kier molecular flexibility index (Phi) is 8.26. The van der Waals surface area contributed by atoms with Gasteiger partial charge in [0, 0.05) is 25.3 Å². The van der Waals surface area contributed by atoms with E-state index in [1.54, 1.807) is 19.1 Å². The highest BCUT2D eigenvalue weighted by atomic mass is 32.1. The topological polar surface area (TPSA) is 62.8 Å². The average molecular weight is 442 g/mol. The zero-order chi connectivity index (χ0) is 22.2. The van der Waals surface area contributed by atoms with Crippen LogP contribution in [0.5, 0.6) is 5.75 Å². The van der Waals surface area contributed by atoms with E-state index in [9.17, 15) is 4.79 Å². The van der Waals surface area contributed by atoms with Gasteiger partial charge in [-0.25, -0.2) is 4.79 Å². The number of ether oxygens (including phenoxy) is 2. The van der Waals surface area contributed by atoms with E-state index in [1.807, 2.05) is 37.3 Å². The van der Waals surface area contributed by atoms with Gasteiger partial charge < -0.3 is 25.0 Å². The van der Waals surface area contributed by atoms with Gasteiger partial charge >= 0.3 is 5.97 Å². The summed E-state index contributed by atoms with van der Waals surface area (Å²) in [6.07, 6.45) is 2.43. The minimum Gasteiger partial charge on any atom is -0.490 e. The number of benzene rings is 2. The van der Waals surface area contributed by atoms with Gasteiger partial charge in [-0.05, 0) is 81.3 Å². The lowest BCUT2D eigenvalue weighted by Crippen LogP contribution is -2.35. The van der Waals surface area contributed by atoms with E-state index in [0.29, 0.717) is 29.9 Å². The van der Waals surface area contributed by atoms with Gasteiger partial charge in [0.2, 0.25) is 0 Å². The molecule has 166 valence electrons. The third kappa shape index (κ3) is 6.94. The maximum Gasteiger partial charge on any atom is 0.338 e. The zero-order valence-electron chi connectivity index (χ0n) is 18.4. The van der Waals surface area contributed by atoms with E-state index < -0.39 is 0 Å². The first kappa shape index (κ1) is 23.0. The number of nitrogens with zero attached hydrogens (tertiary/aromatic N) is 1. The molecule has 0 unspecified atom stereocenters. The van der Waals surface area contributed by atoms with Crippen LogP contribution in [-0.2, 0) is 11.3 Å². The van der Waals surface area contributed by atoms with Crippen LogP contribution in [0.2, 0.25) is 0 Å². The minimum atomic E-state index is -0.341. The predicted molar refractivity (Wildman–Crippen MR) is 128 cm³/mol. The SMILES string of the molecule is CCOC(=O)c1ccc(C)c(NC(=S)NCc2ccc(OC3CCN(C)CC3)cc2)c1. The Morgan fingerprint density at radius 3 is 2.55 bits per heavy atom. The van der Waals surface area contributed by atoms with E-state index in [-0.39, 0.29) is 5.97 Å². The van der Waals surface area contributed by atoms with Crippen LogP contribution in [0, 0.1) is 6.92 Å². The molecule has 0 atom stereocenters. The Labute approximate surface area is 189 Å². The standard InChI is InChI=1S/C24H31N3O3S/c1-4-29-23(28)19-8-5-17(2)22(15-19)26-24(31)25-16-18-6-9-20(10-7-18)30-21-11-13-27(3)14-12-21/h5-10,15,21H,4,11-14,16H2,1-3H3,(H2,25,26,31). The van der Waals surface area contributed by atoms with Crippen molar-refractivity contribution in [3.63, 3.8) is 0 Å². The highest BCUT2D eigenvalue weighted by molar-refractivity contribution is 7.80. The molecular formula is C24H31N3O3S. The number of hydrogen-bond donors (Lipinski definition) is 2. The molecule has 0 radical (unpaired) electrons. The summed E-state index contributed by atoms with van der Waals surface area (Å²) in [7, 11) is 2.15. The molecule has 1 heterocycles. The van der Waals surface area contributed by atoms with Crippen LogP contribution >= 0.6 is 12.2 Å². The Morgan fingerprint density at radius 1 is 1.16 bits per heavy atom. The molecule has 2 aromatic rings. The maximum atomic E-state index is 12.0. The van der Waals surface area contributed by atoms with Crippen LogP contribution in [0.1, 0.15) is 41.3 Å². The molecule has 1 fully saturated rings. The number of likely N-dealkylation sites (tertiary alicyclic amines) is 1. The van der Waals surface area contributed by atoms with Crippen LogP contribution in [0.15, 0.2) is 42.5 Å². The maximum absolute atomic E-state index is 12.0. The van der Waals surface area contributed by atoms with Gasteiger partial charge in [0.1, 0.15) is 11.9 Å². The molecule has 1 aliphatic rings. The van der Waals surface area contributed by atoms with Gasteiger partial charge in [-0.3, -0.25) is 0 Å². The van der Waals surface area contributed by atoms with Crippen molar-refractivity contribution in [3.8, 4) is 5.75 Å². The molecule has 0 bridgehead atoms. The van der Waals surface area contributed by atoms with Crippen molar-refractivity contribution in [1.29, 1.82) is 0 Å². The van der Waals surface area contributed by atoms with Crippen molar-refractivity contribution in [1.82, 2.24) is 10.2 Å². The summed E-state index contributed by atoms with van der Waals surface area (Å²) in [4.78, 5) is 14.3. The Hall–Kier alpha value is -2.64. The summed E-state index contributed by atoms with van der Waals surface area (Å²) in [5.41, 5.74) is 3.38. The Balaban J connectivity index is 1.49. The highest BCUT2D eigenvalue weighted by Crippen LogP contribution is 2.20. The monoisotopic (exact) mass is 441 g/mol. The highest BCUT2D eigenvalue weighted by Gasteiger charge is 2.17. The number of thiocarbonyl (C=S) groups is 1. The van der Waals surface area contributed by atoms with E-state index in [1.165, 1.54) is 0 Å². The second-order valence-corrected chi connectivity index (χ2v) is 8.23. The van der Waals surface area contributed by atoms with Gasteiger partial charge in [0.25, 0.3) is 0 Å². The molecular weight excluding hydrogens is 410 g/mol. The normalized spacial score (nSPS) is 14.7. The number of carbonyl (C=O) groups excluding carboxylic acids is 1. The Bertz CT molecular complexity index is 893. The average Bonchev–Trinajstić information content (AvgIpc) is 2.76. The summed E-state index contributed by atoms with van der Waals surface area (Å²) in [6, 6.07) is 13.5. The smallest absolute Gasteiger partial charge is 0.338 e. The number of carbonyl (C=O) groups is 1. The molecule has 3 rings (SSSR count). The van der Waals surface area contributed by atoms with Gasteiger partial charge in [0.05, 0.1) is 12.2 Å². The minimum absolute atomic E-state index is 0.297. The summed E-state index contributed by atoms with van der Waals surface area (Å²) in [5.74, 6) is 0.567. The number of piperidine rings is 1. The van der Waals surface area contributed by atoms with E-state index in [4.69, 9.17) is 21.7 Å². The molecule has 0 aliphatic carbocycles. The van der Waals surface area contributed by atoms with Gasteiger partial charge in [-0.15, -0.1) is 0 Å². The number of nitrogens with one attached hydrogen (secondary N) is 2. The predicted octanol–water partition coefficient (Wildman–Crippen LogP) is 4.13. The Morgan fingerprint density at radius 2 is 1.87 bits per heavy atom. The first-order valence-electron chi connectivity index (χ1n) is 10.7. The molecule has 0 amide bonds. The molecule has 1 saturated heterocycles. The number of aryl methyl sites for hydroxylation is 1. The first-order valence-corrected chi connectivity index (χ1v) is 11.1. The van der Waals surface area contributed by atoms with Crippen molar-refractivity contribution in [2.75, 3.05) is 32.1 Å². The summed E-state index contributed by atoms with van der Waals surface area (Å²) >= 11 is 5.43. The summed E-state index contributed by atoms with van der Waals surface area (Å²) in [5, 5.41) is 6.88. The van der Waals surface area contributed by atoms with Crippen molar-refractivity contribution in [2.24, 2.45) is 0 Å². The molecule has 6 nitrogen and oxygen atoms in total. The van der Waals surface area contributed by atoms with Crippen LogP contribution in [-0.4, -0.2) is 48.8 Å². The van der Waals surface area contributed by atoms with E-state index in [2.05, 4.69) is 22.6 Å². The molecule has 7 heteroatoms. The summed E-state index contributed by atoms with van der Waals surface area (Å²) in [6.45, 7) is 6.85. The largest absolute Gasteiger partial charge is 0.490 e. The van der Waals surface area contributed by atoms with Crippen LogP contribution < -0.4 is 15.4 Å². The fraction of sp³-hybridized carbons (Fsp3) is 0.417. The first-order chi connectivity index (χ1) is 14.9. The lowest BCUT2D eigenvalue weighted by molar-refractivity contribution is 0.0526. The molecule has 1 aliphatic heterocycles. The molecule has 2 N–H and O–H groups in total. The van der Waals surface area contributed by atoms with Crippen molar-refractivity contribution < 1.29 is 14.3 Å². The van der Waals surface area contributed by atoms with Crippen LogP contribution in [0.3, 0.4) is 0 Å². The van der Waals surface area contributed by atoms with Gasteiger partial charge in [-0.1, -0.05) is 18.2 Å². The number of esters is 1. The van der Waals surface area contributed by atoms with Gasteiger partial charge in [0.15, 0.2) is 5.11 Å². The van der Waals surface area contributed by atoms with E-state index in [0.717, 1.165) is 48.5 Å². The lowest BCUT2D eigenvalue weighted by Gasteiger charge is -2.29. The van der Waals surface area contributed by atoms with Crippen molar-refractivity contribution in [3.05, 3.63) is 59.2 Å². The molecule has 0 aromatic heterocycles. The third-order valence-electron chi connectivity index (χ3n) is 5.34. The lowest BCUT2D eigenvalue weighted by atomic mass is 10.1. The molecule has 0 saturated carbocycles. The number of rotatable bonds is 7. The zero-order valence-corrected chi connectivity index (χ0v) is 19.3. The van der Waals surface area contributed by atoms with Crippen molar-refractivity contribution in [2.45, 2.75) is 39.3 Å². The molecule has 2 aromatic carbocycles. The summed E-state index contributed by atoms with van der Waals surface area (Å²) < 4.78 is 11.2. The van der Waals surface area contributed by atoms with E-state index >= 15 is 0 Å².